The van der Waals surface area contributed by atoms with Crippen molar-refractivity contribution in [1.29, 1.82) is 0 Å². The Balaban J connectivity index is 1.51. The first-order chi connectivity index (χ1) is 12.7. The van der Waals surface area contributed by atoms with Crippen molar-refractivity contribution in [2.75, 3.05) is 18.5 Å². The molecule has 0 aromatic heterocycles. The molecular weight excluding hydrogens is 369 g/mol. The van der Waals surface area contributed by atoms with Gasteiger partial charge in [-0.05, 0) is 35.9 Å². The van der Waals surface area contributed by atoms with E-state index in [4.69, 9.17) is 32.7 Å². The minimum absolute atomic E-state index is 0.467. The molecular formula is C21H19Cl2NO2. The van der Waals surface area contributed by atoms with Gasteiger partial charge in [0.05, 0.1) is 10.7 Å². The van der Waals surface area contributed by atoms with Gasteiger partial charge in [-0.2, -0.15) is 0 Å². The van der Waals surface area contributed by atoms with Gasteiger partial charge in [-0.3, -0.25) is 0 Å². The monoisotopic (exact) mass is 387 g/mol. The molecule has 3 aromatic carbocycles. The first-order valence-electron chi connectivity index (χ1n) is 8.30. The normalized spacial score (nSPS) is 10.4. The number of rotatable bonds is 8. The molecule has 0 aliphatic carbocycles. The second-order valence-corrected chi connectivity index (χ2v) is 6.46. The molecule has 0 radical (unpaired) electrons. The number of benzene rings is 3. The van der Waals surface area contributed by atoms with E-state index in [1.807, 2.05) is 54.6 Å². The van der Waals surface area contributed by atoms with Crippen molar-refractivity contribution in [2.24, 2.45) is 0 Å². The molecule has 0 unspecified atom stereocenters. The fraction of sp³-hybridized carbons (Fsp3) is 0.143. The Bertz CT molecular complexity index is 840. The van der Waals surface area contributed by atoms with Crippen molar-refractivity contribution in [1.82, 2.24) is 0 Å². The van der Waals surface area contributed by atoms with Crippen LogP contribution in [0.3, 0.4) is 0 Å². The van der Waals surface area contributed by atoms with Gasteiger partial charge in [-0.25, -0.2) is 0 Å². The smallest absolute Gasteiger partial charge is 0.142 e. The molecule has 26 heavy (non-hydrogen) atoms. The summed E-state index contributed by atoms with van der Waals surface area (Å²) < 4.78 is 11.6. The summed E-state index contributed by atoms with van der Waals surface area (Å²) in [5, 5.41) is 4.42. The zero-order chi connectivity index (χ0) is 18.2. The van der Waals surface area contributed by atoms with E-state index in [9.17, 15) is 0 Å². The van der Waals surface area contributed by atoms with E-state index < -0.39 is 0 Å². The van der Waals surface area contributed by atoms with E-state index in [2.05, 4.69) is 5.32 Å². The highest BCUT2D eigenvalue weighted by molar-refractivity contribution is 6.35. The number of hydrogen-bond acceptors (Lipinski definition) is 3. The third-order valence-corrected chi connectivity index (χ3v) is 4.22. The lowest BCUT2D eigenvalue weighted by atomic mass is 10.2. The second kappa shape index (κ2) is 9.37. The third-order valence-electron chi connectivity index (χ3n) is 3.69. The van der Waals surface area contributed by atoms with Crippen LogP contribution < -0.4 is 14.8 Å². The van der Waals surface area contributed by atoms with Gasteiger partial charge in [0.1, 0.15) is 24.7 Å². The van der Waals surface area contributed by atoms with Crippen LogP contribution in [0.5, 0.6) is 11.5 Å². The first-order valence-corrected chi connectivity index (χ1v) is 9.05. The number of halogens is 2. The van der Waals surface area contributed by atoms with Gasteiger partial charge in [-0.1, -0.05) is 65.7 Å². The quantitative estimate of drug-likeness (QED) is 0.476. The average Bonchev–Trinajstić information content (AvgIpc) is 2.66. The lowest BCUT2D eigenvalue weighted by Gasteiger charge is -2.14. The average molecular weight is 388 g/mol. The molecule has 0 spiro atoms. The molecule has 0 saturated carbocycles. The zero-order valence-electron chi connectivity index (χ0n) is 14.1. The van der Waals surface area contributed by atoms with E-state index >= 15 is 0 Å². The number of anilines is 1. The van der Waals surface area contributed by atoms with Gasteiger partial charge in [-0.15, -0.1) is 0 Å². The lowest BCUT2D eigenvalue weighted by molar-refractivity contribution is 0.306. The van der Waals surface area contributed by atoms with E-state index in [-0.39, 0.29) is 0 Å². The van der Waals surface area contributed by atoms with Gasteiger partial charge in [0.25, 0.3) is 0 Å². The molecule has 0 aliphatic rings. The molecule has 0 bridgehead atoms. The van der Waals surface area contributed by atoms with Crippen molar-refractivity contribution < 1.29 is 9.47 Å². The molecule has 0 heterocycles. The fourth-order valence-electron chi connectivity index (χ4n) is 2.41. The van der Waals surface area contributed by atoms with Crippen molar-refractivity contribution in [3.05, 3.63) is 88.4 Å². The van der Waals surface area contributed by atoms with Crippen molar-refractivity contribution in [3.8, 4) is 11.5 Å². The predicted octanol–water partition coefficient (Wildman–Crippen LogP) is 6.06. The van der Waals surface area contributed by atoms with Gasteiger partial charge in [0.2, 0.25) is 0 Å². The summed E-state index contributed by atoms with van der Waals surface area (Å²) in [6.07, 6.45) is 0. The highest BCUT2D eigenvalue weighted by Crippen LogP contribution is 2.28. The van der Waals surface area contributed by atoms with Gasteiger partial charge in [0.15, 0.2) is 0 Å². The van der Waals surface area contributed by atoms with E-state index in [0.717, 1.165) is 17.0 Å². The first kappa shape index (κ1) is 18.4. The Morgan fingerprint density at radius 2 is 1.54 bits per heavy atom. The fourth-order valence-corrected chi connectivity index (χ4v) is 2.88. The summed E-state index contributed by atoms with van der Waals surface area (Å²) in [6.45, 7) is 1.61. The molecule has 0 aliphatic heterocycles. The molecule has 3 rings (SSSR count). The largest absolute Gasteiger partial charge is 0.490 e. The number of ether oxygens (including phenoxy) is 2. The Labute approximate surface area is 163 Å². The van der Waals surface area contributed by atoms with Gasteiger partial charge >= 0.3 is 0 Å². The van der Waals surface area contributed by atoms with Gasteiger partial charge in [0, 0.05) is 11.6 Å². The van der Waals surface area contributed by atoms with Crippen LogP contribution in [0.15, 0.2) is 72.8 Å². The molecule has 3 aromatic rings. The van der Waals surface area contributed by atoms with Crippen LogP contribution in [0.25, 0.3) is 0 Å². The van der Waals surface area contributed by atoms with Crippen LogP contribution in [0.4, 0.5) is 5.69 Å². The summed E-state index contributed by atoms with van der Waals surface area (Å²) in [6, 6.07) is 23.1. The minimum Gasteiger partial charge on any atom is -0.490 e. The van der Waals surface area contributed by atoms with Crippen LogP contribution >= 0.6 is 23.2 Å². The van der Waals surface area contributed by atoms with E-state index in [1.165, 1.54) is 0 Å². The number of hydrogen-bond donors (Lipinski definition) is 1. The molecule has 134 valence electrons. The van der Waals surface area contributed by atoms with Crippen molar-refractivity contribution in [2.45, 2.75) is 6.61 Å². The Morgan fingerprint density at radius 3 is 2.35 bits per heavy atom. The Kier molecular flexibility index (Phi) is 6.64. The van der Waals surface area contributed by atoms with Crippen LogP contribution in [-0.4, -0.2) is 13.2 Å². The maximum absolute atomic E-state index is 6.10. The highest BCUT2D eigenvalue weighted by atomic mass is 35.5. The summed E-state index contributed by atoms with van der Waals surface area (Å²) in [5.74, 6) is 1.42. The number of para-hydroxylation sites is 2. The van der Waals surface area contributed by atoms with E-state index in [1.54, 1.807) is 18.2 Å². The maximum Gasteiger partial charge on any atom is 0.142 e. The van der Waals surface area contributed by atoms with Gasteiger partial charge < -0.3 is 14.8 Å². The van der Waals surface area contributed by atoms with Crippen molar-refractivity contribution >= 4 is 28.9 Å². The maximum atomic E-state index is 6.10. The topological polar surface area (TPSA) is 30.5 Å². The molecule has 3 nitrogen and oxygen atoms in total. The zero-order valence-corrected chi connectivity index (χ0v) is 15.6. The van der Waals surface area contributed by atoms with Crippen LogP contribution in [0.1, 0.15) is 5.56 Å². The van der Waals surface area contributed by atoms with Crippen LogP contribution in [-0.2, 0) is 6.61 Å². The molecule has 0 fully saturated rings. The molecule has 5 heteroatoms. The van der Waals surface area contributed by atoms with Crippen molar-refractivity contribution in [3.63, 3.8) is 0 Å². The molecule has 0 saturated heterocycles. The van der Waals surface area contributed by atoms with E-state index in [0.29, 0.717) is 35.6 Å². The second-order valence-electron chi connectivity index (χ2n) is 5.62. The summed E-state index contributed by atoms with van der Waals surface area (Å²) >= 11 is 12.0. The molecule has 0 atom stereocenters. The standard InChI is InChI=1S/C21H19Cl2NO2/c22-17-10-11-20(18(23)14-17)25-13-12-24-19-8-4-5-9-21(19)26-15-16-6-2-1-3-7-16/h1-11,14,24H,12-13,15H2. The highest BCUT2D eigenvalue weighted by Gasteiger charge is 2.05. The van der Waals surface area contributed by atoms with Crippen LogP contribution in [0.2, 0.25) is 10.0 Å². The Hall–Kier alpha value is -2.36. The number of nitrogens with one attached hydrogen (secondary N) is 1. The third kappa shape index (κ3) is 5.32. The summed E-state index contributed by atoms with van der Waals surface area (Å²) in [7, 11) is 0. The van der Waals surface area contributed by atoms with Crippen LogP contribution in [0, 0.1) is 0 Å². The lowest BCUT2D eigenvalue weighted by Crippen LogP contribution is -2.12. The Morgan fingerprint density at radius 1 is 0.769 bits per heavy atom. The SMILES string of the molecule is Clc1ccc(OCCNc2ccccc2OCc2ccccc2)c(Cl)c1. The summed E-state index contributed by atoms with van der Waals surface area (Å²) in [5.41, 5.74) is 2.05. The molecule has 0 amide bonds. The minimum atomic E-state index is 0.467. The molecule has 1 N–H and O–H groups in total. The predicted molar refractivity (Wildman–Crippen MR) is 108 cm³/mol. The summed E-state index contributed by atoms with van der Waals surface area (Å²) in [4.78, 5) is 0.